The number of amides is 1. The zero-order chi connectivity index (χ0) is 18.7. The van der Waals surface area contributed by atoms with Crippen LogP contribution in [0.2, 0.25) is 0 Å². The molecule has 140 valence electrons. The number of anilines is 1. The van der Waals surface area contributed by atoms with E-state index in [0.29, 0.717) is 13.2 Å². The van der Waals surface area contributed by atoms with Crippen LogP contribution in [0.1, 0.15) is 30.8 Å². The molecule has 6 nitrogen and oxygen atoms in total. The van der Waals surface area contributed by atoms with E-state index >= 15 is 0 Å². The van der Waals surface area contributed by atoms with Crippen molar-refractivity contribution in [1.29, 1.82) is 0 Å². The highest BCUT2D eigenvalue weighted by Crippen LogP contribution is 2.31. The van der Waals surface area contributed by atoms with Crippen LogP contribution in [0.15, 0.2) is 30.5 Å². The molecule has 0 radical (unpaired) electrons. The lowest BCUT2D eigenvalue weighted by Crippen LogP contribution is -2.32. The minimum absolute atomic E-state index is 0.0515. The quantitative estimate of drug-likeness (QED) is 0.865. The van der Waals surface area contributed by atoms with Crippen molar-refractivity contribution in [1.82, 2.24) is 14.5 Å². The summed E-state index contributed by atoms with van der Waals surface area (Å²) < 4.78 is 7.87. The predicted octanol–water partition coefficient (Wildman–Crippen LogP) is 2.89. The molecule has 6 heteroatoms. The molecule has 2 atom stereocenters. The number of carbonyl (C=O) groups excluding carboxylic acids is 1. The number of aryl methyl sites for hydroxylation is 1. The molecule has 2 heterocycles. The second kappa shape index (κ2) is 7.91. The van der Waals surface area contributed by atoms with Gasteiger partial charge in [0.25, 0.3) is 0 Å². The van der Waals surface area contributed by atoms with E-state index in [1.807, 2.05) is 51.5 Å². The summed E-state index contributed by atoms with van der Waals surface area (Å²) in [5, 5.41) is 3.05. The Hall–Kier alpha value is -2.34. The van der Waals surface area contributed by atoms with Gasteiger partial charge in [-0.15, -0.1) is 0 Å². The maximum Gasteiger partial charge on any atom is 0.229 e. The normalized spacial score (nSPS) is 19.3. The van der Waals surface area contributed by atoms with E-state index in [2.05, 4.69) is 26.7 Å². The lowest BCUT2D eigenvalue weighted by atomic mass is 9.91. The van der Waals surface area contributed by atoms with E-state index in [4.69, 9.17) is 4.74 Å². The first kappa shape index (κ1) is 18.5. The second-order valence-corrected chi connectivity index (χ2v) is 7.40. The average molecular weight is 356 g/mol. The Balaban J connectivity index is 1.61. The number of imidazole rings is 1. The van der Waals surface area contributed by atoms with Crippen molar-refractivity contribution >= 4 is 11.6 Å². The smallest absolute Gasteiger partial charge is 0.229 e. The molecule has 0 saturated heterocycles. The van der Waals surface area contributed by atoms with Crippen molar-refractivity contribution in [2.75, 3.05) is 32.6 Å². The summed E-state index contributed by atoms with van der Waals surface area (Å²) in [6.07, 6.45) is 2.85. The zero-order valence-electron chi connectivity index (χ0n) is 16.0. The summed E-state index contributed by atoms with van der Waals surface area (Å²) in [6.45, 7) is 6.29. The summed E-state index contributed by atoms with van der Waals surface area (Å²) in [4.78, 5) is 19.4. The summed E-state index contributed by atoms with van der Waals surface area (Å²) >= 11 is 0. The first-order valence-electron chi connectivity index (χ1n) is 9.14. The van der Waals surface area contributed by atoms with Gasteiger partial charge in [0.2, 0.25) is 5.91 Å². The number of likely N-dealkylation sites (N-methyl/N-ethyl adjacent to an activating group) is 1. The van der Waals surface area contributed by atoms with Crippen LogP contribution in [0.5, 0.6) is 5.75 Å². The first-order valence-corrected chi connectivity index (χ1v) is 9.14. The lowest BCUT2D eigenvalue weighted by Gasteiger charge is -2.27. The van der Waals surface area contributed by atoms with Crippen LogP contribution in [0.25, 0.3) is 0 Å². The van der Waals surface area contributed by atoms with Gasteiger partial charge in [0.05, 0.1) is 11.6 Å². The Bertz CT molecular complexity index is 769. The van der Waals surface area contributed by atoms with Crippen LogP contribution >= 0.6 is 0 Å². The first-order chi connectivity index (χ1) is 12.4. The Morgan fingerprint density at radius 1 is 1.42 bits per heavy atom. The van der Waals surface area contributed by atoms with Gasteiger partial charge in [0.1, 0.15) is 18.2 Å². The summed E-state index contributed by atoms with van der Waals surface area (Å²) in [7, 11) is 4.02. The minimum atomic E-state index is -0.0515. The van der Waals surface area contributed by atoms with Crippen LogP contribution < -0.4 is 10.1 Å². The second-order valence-electron chi connectivity index (χ2n) is 7.40. The molecule has 2 aromatic rings. The van der Waals surface area contributed by atoms with Crippen molar-refractivity contribution in [3.05, 3.63) is 42.0 Å². The highest BCUT2D eigenvalue weighted by atomic mass is 16.5. The van der Waals surface area contributed by atoms with Crippen molar-refractivity contribution in [2.24, 2.45) is 5.92 Å². The zero-order valence-corrected chi connectivity index (χ0v) is 16.0. The van der Waals surface area contributed by atoms with Crippen molar-refractivity contribution < 1.29 is 9.53 Å². The van der Waals surface area contributed by atoms with Crippen molar-refractivity contribution in [3.63, 3.8) is 0 Å². The largest absolute Gasteiger partial charge is 0.492 e. The number of nitrogens with zero attached hydrogens (tertiary/aromatic N) is 3. The van der Waals surface area contributed by atoms with Crippen LogP contribution in [-0.2, 0) is 11.3 Å². The van der Waals surface area contributed by atoms with Gasteiger partial charge in [0, 0.05) is 37.0 Å². The fraction of sp³-hybridized carbons (Fsp3) is 0.500. The van der Waals surface area contributed by atoms with E-state index in [0.717, 1.165) is 35.9 Å². The van der Waals surface area contributed by atoms with Crippen LogP contribution in [-0.4, -0.2) is 47.6 Å². The Morgan fingerprint density at radius 2 is 2.23 bits per heavy atom. The van der Waals surface area contributed by atoms with Crippen molar-refractivity contribution in [3.8, 4) is 5.75 Å². The summed E-state index contributed by atoms with van der Waals surface area (Å²) in [5.41, 5.74) is 1.79. The van der Waals surface area contributed by atoms with Gasteiger partial charge < -0.3 is 19.5 Å². The van der Waals surface area contributed by atoms with Gasteiger partial charge in [-0.2, -0.15) is 0 Å². The monoisotopic (exact) mass is 356 g/mol. The molecule has 0 aliphatic carbocycles. The fourth-order valence-corrected chi connectivity index (χ4v) is 3.39. The standard InChI is InChI=1S/C20H28N4O2/c1-14-10-16(13-24-12-15(2)21-19(14)24)20(25)22-17-6-5-7-18(11-17)26-9-8-23(3)4/h5-7,11-12,14,16H,8-10,13H2,1-4H3,(H,22,25)/t14-,16+/m1/s1. The van der Waals surface area contributed by atoms with Crippen LogP contribution in [0.4, 0.5) is 5.69 Å². The van der Waals surface area contributed by atoms with E-state index in [1.165, 1.54) is 0 Å². The Morgan fingerprint density at radius 3 is 3.00 bits per heavy atom. The molecule has 1 aliphatic heterocycles. The van der Waals surface area contributed by atoms with Crippen molar-refractivity contribution in [2.45, 2.75) is 32.7 Å². The molecule has 1 aromatic carbocycles. The SMILES string of the molecule is Cc1cn2c(n1)[C@H](C)C[C@H](C(=O)Nc1cccc(OCCN(C)C)c1)C2. The number of rotatable bonds is 6. The third kappa shape index (κ3) is 4.43. The lowest BCUT2D eigenvalue weighted by molar-refractivity contribution is -0.121. The minimum Gasteiger partial charge on any atom is -0.492 e. The molecule has 0 bridgehead atoms. The fourth-order valence-electron chi connectivity index (χ4n) is 3.39. The number of benzene rings is 1. The molecule has 0 saturated carbocycles. The molecular formula is C20H28N4O2. The van der Waals surface area contributed by atoms with Gasteiger partial charge >= 0.3 is 0 Å². The number of nitrogens with one attached hydrogen (secondary N) is 1. The summed E-state index contributed by atoms with van der Waals surface area (Å²) in [5.74, 6) is 2.15. The number of ether oxygens (including phenoxy) is 1. The predicted molar refractivity (Wildman–Crippen MR) is 103 cm³/mol. The topological polar surface area (TPSA) is 59.4 Å². The van der Waals surface area contributed by atoms with Gasteiger partial charge in [-0.05, 0) is 39.6 Å². The summed E-state index contributed by atoms with van der Waals surface area (Å²) in [6, 6.07) is 7.60. The molecule has 26 heavy (non-hydrogen) atoms. The maximum atomic E-state index is 12.8. The molecule has 1 aromatic heterocycles. The third-order valence-corrected chi connectivity index (χ3v) is 4.70. The number of fused-ring (bicyclic) bond motifs is 1. The maximum absolute atomic E-state index is 12.8. The number of hydrogen-bond donors (Lipinski definition) is 1. The molecule has 0 spiro atoms. The highest BCUT2D eigenvalue weighted by molar-refractivity contribution is 5.92. The molecule has 1 aliphatic rings. The van der Waals surface area contributed by atoms with E-state index in [1.54, 1.807) is 0 Å². The molecular weight excluding hydrogens is 328 g/mol. The molecule has 1 N–H and O–H groups in total. The van der Waals surface area contributed by atoms with E-state index in [-0.39, 0.29) is 17.7 Å². The van der Waals surface area contributed by atoms with Gasteiger partial charge in [0.15, 0.2) is 0 Å². The van der Waals surface area contributed by atoms with Gasteiger partial charge in [-0.3, -0.25) is 4.79 Å². The van der Waals surface area contributed by atoms with E-state index < -0.39 is 0 Å². The number of hydrogen-bond acceptors (Lipinski definition) is 4. The number of carbonyl (C=O) groups is 1. The van der Waals surface area contributed by atoms with E-state index in [9.17, 15) is 4.79 Å². The van der Waals surface area contributed by atoms with Gasteiger partial charge in [-0.25, -0.2) is 4.98 Å². The Labute approximate surface area is 155 Å². The van der Waals surface area contributed by atoms with Gasteiger partial charge in [-0.1, -0.05) is 13.0 Å². The molecule has 0 fully saturated rings. The average Bonchev–Trinajstić information content (AvgIpc) is 2.96. The molecule has 0 unspecified atom stereocenters. The third-order valence-electron chi connectivity index (χ3n) is 4.70. The molecule has 1 amide bonds. The Kier molecular flexibility index (Phi) is 5.61. The van der Waals surface area contributed by atoms with Crippen LogP contribution in [0.3, 0.4) is 0 Å². The molecule has 3 rings (SSSR count). The number of aromatic nitrogens is 2. The van der Waals surface area contributed by atoms with Crippen LogP contribution in [0, 0.1) is 12.8 Å². The highest BCUT2D eigenvalue weighted by Gasteiger charge is 2.30.